The molecule has 1 aromatic carbocycles. The first-order chi connectivity index (χ1) is 15.0. The Bertz CT molecular complexity index is 990. The molecule has 32 heavy (non-hydrogen) atoms. The van der Waals surface area contributed by atoms with Crippen molar-refractivity contribution in [1.82, 2.24) is 15.3 Å². The minimum atomic E-state index is -2.99. The molecule has 172 valence electrons. The molecule has 2 aromatic rings. The Hall–Kier alpha value is -3.19. The van der Waals surface area contributed by atoms with Crippen molar-refractivity contribution in [3.8, 4) is 17.6 Å². The molecule has 1 saturated heterocycles. The van der Waals surface area contributed by atoms with Crippen LogP contribution < -0.4 is 25.4 Å². The maximum Gasteiger partial charge on any atom is 0.387 e. The summed E-state index contributed by atoms with van der Waals surface area (Å²) < 4.78 is 35.0. The quantitative estimate of drug-likeness (QED) is 0.574. The highest BCUT2D eigenvalue weighted by molar-refractivity contribution is 5.62. The third kappa shape index (κ3) is 5.95. The Morgan fingerprint density at radius 3 is 2.47 bits per heavy atom. The minimum absolute atomic E-state index is 0.0788. The van der Waals surface area contributed by atoms with E-state index >= 15 is 0 Å². The van der Waals surface area contributed by atoms with E-state index in [1.54, 1.807) is 6.07 Å². The molecule has 2 heterocycles. The summed E-state index contributed by atoms with van der Waals surface area (Å²) in [6.07, 6.45) is 3.12. The number of hydrogen-bond donors (Lipinski definition) is 3. The fraction of sp³-hybridized carbons (Fsp3) is 0.500. The summed E-state index contributed by atoms with van der Waals surface area (Å²) in [6.45, 7) is 5.58. The summed E-state index contributed by atoms with van der Waals surface area (Å²) in [5.74, 6) is 0.696. The maximum absolute atomic E-state index is 12.7. The summed E-state index contributed by atoms with van der Waals surface area (Å²) in [5, 5.41) is 19.5. The van der Waals surface area contributed by atoms with Crippen LogP contribution in [0.5, 0.6) is 11.5 Å². The molecule has 0 atom stereocenters. The highest BCUT2D eigenvalue weighted by atomic mass is 19.3. The zero-order valence-electron chi connectivity index (χ0n) is 18.8. The number of nitrogens with zero attached hydrogens (tertiary/aromatic N) is 3. The van der Waals surface area contributed by atoms with Crippen molar-refractivity contribution in [1.29, 1.82) is 5.26 Å². The average molecular weight is 447 g/mol. The van der Waals surface area contributed by atoms with E-state index in [1.165, 1.54) is 25.4 Å². The second-order valence-corrected chi connectivity index (χ2v) is 9.08. The van der Waals surface area contributed by atoms with E-state index in [9.17, 15) is 14.0 Å². The first-order valence-corrected chi connectivity index (χ1v) is 10.2. The van der Waals surface area contributed by atoms with Gasteiger partial charge in [0.2, 0.25) is 5.95 Å². The molecular formula is C22H28F2N6O2. The smallest absolute Gasteiger partial charge is 0.387 e. The predicted octanol–water partition coefficient (Wildman–Crippen LogP) is 4.42. The van der Waals surface area contributed by atoms with Crippen molar-refractivity contribution in [3.63, 3.8) is 0 Å². The number of anilines is 3. The van der Waals surface area contributed by atoms with Gasteiger partial charge in [-0.1, -0.05) is 0 Å². The molecule has 0 spiro atoms. The Morgan fingerprint density at radius 2 is 1.88 bits per heavy atom. The van der Waals surface area contributed by atoms with E-state index in [0.29, 0.717) is 17.1 Å². The van der Waals surface area contributed by atoms with Crippen LogP contribution in [-0.4, -0.2) is 40.8 Å². The number of aromatic nitrogens is 2. The Balaban J connectivity index is 1.83. The van der Waals surface area contributed by atoms with Gasteiger partial charge in [0.15, 0.2) is 11.5 Å². The third-order valence-electron chi connectivity index (χ3n) is 5.08. The van der Waals surface area contributed by atoms with E-state index in [1.807, 2.05) is 0 Å². The lowest BCUT2D eigenvalue weighted by Gasteiger charge is -2.46. The molecule has 0 saturated carbocycles. The number of nitrogens with one attached hydrogen (secondary N) is 3. The monoisotopic (exact) mass is 446 g/mol. The topological polar surface area (TPSA) is 104 Å². The van der Waals surface area contributed by atoms with E-state index in [2.05, 4.69) is 64.4 Å². The molecule has 0 radical (unpaired) electrons. The Kier molecular flexibility index (Phi) is 6.69. The molecular weight excluding hydrogens is 418 g/mol. The molecule has 10 heteroatoms. The van der Waals surface area contributed by atoms with Crippen molar-refractivity contribution in [3.05, 3.63) is 30.0 Å². The van der Waals surface area contributed by atoms with Gasteiger partial charge in [-0.15, -0.1) is 0 Å². The van der Waals surface area contributed by atoms with E-state index < -0.39 is 6.61 Å². The molecule has 3 rings (SSSR count). The number of ether oxygens (including phenoxy) is 2. The molecule has 0 aliphatic carbocycles. The lowest BCUT2D eigenvalue weighted by molar-refractivity contribution is -0.0511. The van der Waals surface area contributed by atoms with Crippen LogP contribution in [0.1, 0.15) is 46.1 Å². The zero-order valence-corrected chi connectivity index (χ0v) is 18.8. The Morgan fingerprint density at radius 1 is 1.19 bits per heavy atom. The number of nitriles is 1. The summed E-state index contributed by atoms with van der Waals surface area (Å²) in [4.78, 5) is 8.64. The summed E-state index contributed by atoms with van der Waals surface area (Å²) in [5.41, 5.74) is 0.595. The van der Waals surface area contributed by atoms with Gasteiger partial charge in [-0.25, -0.2) is 4.98 Å². The Labute approximate surface area is 186 Å². The first-order valence-electron chi connectivity index (χ1n) is 10.2. The van der Waals surface area contributed by atoms with Gasteiger partial charge in [0.05, 0.1) is 13.3 Å². The highest BCUT2D eigenvalue weighted by Crippen LogP contribution is 2.33. The third-order valence-corrected chi connectivity index (χ3v) is 5.08. The molecule has 8 nitrogen and oxygen atoms in total. The zero-order chi connectivity index (χ0) is 23.5. The number of piperidine rings is 1. The van der Waals surface area contributed by atoms with Crippen molar-refractivity contribution in [2.75, 3.05) is 17.7 Å². The van der Waals surface area contributed by atoms with Crippen molar-refractivity contribution >= 4 is 17.5 Å². The van der Waals surface area contributed by atoms with E-state index in [0.717, 1.165) is 12.8 Å². The molecule has 1 aromatic heterocycles. The molecule has 1 fully saturated rings. The fourth-order valence-electron chi connectivity index (χ4n) is 4.32. The van der Waals surface area contributed by atoms with Crippen LogP contribution in [0.2, 0.25) is 0 Å². The van der Waals surface area contributed by atoms with Crippen LogP contribution in [0.3, 0.4) is 0 Å². The molecule has 0 bridgehead atoms. The SMILES string of the molecule is COc1ccc(Nc2ncc(C#N)c(NC3CC(C)(C)NC(C)(C)C3)n2)cc1OC(F)F. The average Bonchev–Trinajstić information content (AvgIpc) is 2.65. The minimum Gasteiger partial charge on any atom is -0.493 e. The lowest BCUT2D eigenvalue weighted by atomic mass is 9.79. The van der Waals surface area contributed by atoms with Crippen LogP contribution in [0, 0.1) is 11.3 Å². The predicted molar refractivity (Wildman–Crippen MR) is 118 cm³/mol. The number of methoxy groups -OCH3 is 1. The van der Waals surface area contributed by atoms with Crippen LogP contribution in [0.15, 0.2) is 24.4 Å². The van der Waals surface area contributed by atoms with Crippen molar-refractivity contribution in [2.24, 2.45) is 0 Å². The van der Waals surface area contributed by atoms with Gasteiger partial charge in [0.25, 0.3) is 0 Å². The van der Waals surface area contributed by atoms with Crippen molar-refractivity contribution < 1.29 is 18.3 Å². The molecule has 3 N–H and O–H groups in total. The second kappa shape index (κ2) is 9.12. The molecule has 0 unspecified atom stereocenters. The lowest BCUT2D eigenvalue weighted by Crippen LogP contribution is -2.60. The van der Waals surface area contributed by atoms with Crippen LogP contribution in [-0.2, 0) is 0 Å². The summed E-state index contributed by atoms with van der Waals surface area (Å²) >= 11 is 0. The first kappa shape index (κ1) is 23.5. The maximum atomic E-state index is 12.7. The summed E-state index contributed by atoms with van der Waals surface area (Å²) in [7, 11) is 1.37. The number of benzene rings is 1. The van der Waals surface area contributed by atoms with Crippen LogP contribution >= 0.6 is 0 Å². The standard InChI is InChI=1S/C22H28F2N6O2/c1-21(2)9-15(10-22(3,4)30-21)27-18-13(11-25)12-26-20(29-18)28-14-6-7-16(31-5)17(8-14)32-19(23)24/h6-8,12,15,19,30H,9-10H2,1-5H3,(H2,26,27,28,29). The van der Waals surface area contributed by atoms with Gasteiger partial charge >= 0.3 is 6.61 Å². The van der Waals surface area contributed by atoms with Gasteiger partial charge in [-0.3, -0.25) is 0 Å². The van der Waals surface area contributed by atoms with E-state index in [4.69, 9.17) is 4.74 Å². The molecule has 0 amide bonds. The van der Waals surface area contributed by atoms with Crippen LogP contribution in [0.25, 0.3) is 0 Å². The van der Waals surface area contributed by atoms with Crippen LogP contribution in [0.4, 0.5) is 26.2 Å². The van der Waals surface area contributed by atoms with Gasteiger partial charge in [-0.05, 0) is 52.7 Å². The van der Waals surface area contributed by atoms with Gasteiger partial charge in [0, 0.05) is 28.9 Å². The largest absolute Gasteiger partial charge is 0.493 e. The van der Waals surface area contributed by atoms with Crippen molar-refractivity contribution in [2.45, 2.75) is 64.3 Å². The molecule has 1 aliphatic rings. The number of rotatable bonds is 7. The van der Waals surface area contributed by atoms with Gasteiger partial charge in [-0.2, -0.15) is 19.0 Å². The number of hydrogen-bond acceptors (Lipinski definition) is 8. The van der Waals surface area contributed by atoms with E-state index in [-0.39, 0.29) is 34.6 Å². The number of alkyl halides is 2. The fourth-order valence-corrected chi connectivity index (χ4v) is 4.32. The second-order valence-electron chi connectivity index (χ2n) is 9.08. The van der Waals surface area contributed by atoms with Gasteiger partial charge < -0.3 is 25.4 Å². The molecule has 1 aliphatic heterocycles. The number of halogens is 2. The highest BCUT2D eigenvalue weighted by Gasteiger charge is 2.38. The van der Waals surface area contributed by atoms with Gasteiger partial charge in [0.1, 0.15) is 17.5 Å². The normalized spacial score (nSPS) is 17.5. The summed E-state index contributed by atoms with van der Waals surface area (Å²) in [6, 6.07) is 6.72.